The minimum atomic E-state index is -0.886. The Morgan fingerprint density at radius 1 is 1.02 bits per heavy atom. The summed E-state index contributed by atoms with van der Waals surface area (Å²) in [5.74, 6) is 1.36. The van der Waals surface area contributed by atoms with Crippen molar-refractivity contribution in [3.05, 3.63) is 70.4 Å². The number of nitrogens with zero attached hydrogens (tertiary/aromatic N) is 5. The Kier molecular flexibility index (Phi) is 10.2. The molecule has 1 aliphatic carbocycles. The monoisotopic (exact) mass is 644 g/mol. The van der Waals surface area contributed by atoms with Crippen LogP contribution >= 0.6 is 11.3 Å². The summed E-state index contributed by atoms with van der Waals surface area (Å²) in [7, 11) is 3.13. The summed E-state index contributed by atoms with van der Waals surface area (Å²) in [6.45, 7) is 0.872. The smallest absolute Gasteiger partial charge is 0.251 e. The minimum Gasteiger partial charge on any atom is -0.493 e. The van der Waals surface area contributed by atoms with Gasteiger partial charge in [-0.25, -0.2) is 0 Å². The molecule has 2 aliphatic rings. The fourth-order valence-corrected chi connectivity index (χ4v) is 7.13. The lowest BCUT2D eigenvalue weighted by Crippen LogP contribution is -2.46. The van der Waals surface area contributed by atoms with E-state index < -0.39 is 6.04 Å². The summed E-state index contributed by atoms with van der Waals surface area (Å²) in [6, 6.07) is 16.3. The van der Waals surface area contributed by atoms with Gasteiger partial charge in [-0.1, -0.05) is 37.5 Å². The second-order valence-electron chi connectivity index (χ2n) is 11.7. The van der Waals surface area contributed by atoms with Crippen LogP contribution in [0.1, 0.15) is 67.3 Å². The highest BCUT2D eigenvalue weighted by Gasteiger charge is 2.35. The second-order valence-corrected chi connectivity index (χ2v) is 12.7. The summed E-state index contributed by atoms with van der Waals surface area (Å²) in [5.41, 5.74) is 2.57. The number of anilines is 1. The number of tetrazole rings is 1. The van der Waals surface area contributed by atoms with Crippen LogP contribution in [0.2, 0.25) is 0 Å². The van der Waals surface area contributed by atoms with E-state index in [0.717, 1.165) is 17.7 Å². The Morgan fingerprint density at radius 3 is 2.52 bits per heavy atom. The fraction of sp³-hybridized carbons (Fsp3) is 0.441. The van der Waals surface area contributed by atoms with E-state index in [4.69, 9.17) is 14.2 Å². The van der Waals surface area contributed by atoms with Crippen LogP contribution in [0.5, 0.6) is 11.5 Å². The van der Waals surface area contributed by atoms with Gasteiger partial charge in [0.05, 0.1) is 20.3 Å². The maximum absolute atomic E-state index is 14.3. The lowest BCUT2D eigenvalue weighted by atomic mass is 9.84. The number of thiophene rings is 1. The molecule has 2 atom stereocenters. The van der Waals surface area contributed by atoms with E-state index in [1.165, 1.54) is 53.8 Å². The van der Waals surface area contributed by atoms with Gasteiger partial charge in [0.25, 0.3) is 5.91 Å². The number of hydrogen-bond acceptors (Lipinski definition) is 9. The van der Waals surface area contributed by atoms with Crippen LogP contribution in [0.4, 0.5) is 5.69 Å². The van der Waals surface area contributed by atoms with Crippen molar-refractivity contribution in [2.75, 3.05) is 32.3 Å². The molecule has 2 aromatic carbocycles. The largest absolute Gasteiger partial charge is 0.493 e. The van der Waals surface area contributed by atoms with Gasteiger partial charge in [0, 0.05) is 29.3 Å². The number of carbonyl (C=O) groups excluding carboxylic acids is 2. The standard InChI is InChI=1S/C34H40N6O5S/c1-43-28-17-14-25(20-29(28)44-2)33-36-38-39(37-33)22-31(41)40(26-15-12-24(13-16-26)23-8-4-3-5-9-23)32(30-11-7-19-46-30)34(42)35-21-27-10-6-18-45-27/h7,11-17,19-20,23,27,32H,3-6,8-10,18,21-22H2,1-2H3,(H,35,42)/t27-,32+/m1/s1. The van der Waals surface area contributed by atoms with Gasteiger partial charge in [-0.15, -0.1) is 21.5 Å². The van der Waals surface area contributed by atoms with Gasteiger partial charge in [0.1, 0.15) is 12.6 Å². The lowest BCUT2D eigenvalue weighted by molar-refractivity contribution is -0.127. The highest BCUT2D eigenvalue weighted by atomic mass is 32.1. The van der Waals surface area contributed by atoms with Gasteiger partial charge < -0.3 is 19.5 Å². The molecule has 6 rings (SSSR count). The first kappa shape index (κ1) is 31.7. The minimum absolute atomic E-state index is 0.0267. The summed E-state index contributed by atoms with van der Waals surface area (Å²) in [5, 5.41) is 17.8. The summed E-state index contributed by atoms with van der Waals surface area (Å²) in [4.78, 5) is 31.8. The van der Waals surface area contributed by atoms with E-state index in [9.17, 15) is 9.59 Å². The molecule has 46 heavy (non-hydrogen) atoms. The Bertz CT molecular complexity index is 1600. The topological polar surface area (TPSA) is 121 Å². The third-order valence-corrected chi connectivity index (χ3v) is 9.66. The van der Waals surface area contributed by atoms with Crippen molar-refractivity contribution in [3.8, 4) is 22.9 Å². The van der Waals surface area contributed by atoms with E-state index >= 15 is 0 Å². The third kappa shape index (κ3) is 7.23. The van der Waals surface area contributed by atoms with E-state index in [0.29, 0.717) is 47.6 Å². The zero-order valence-electron chi connectivity index (χ0n) is 26.3. The quantitative estimate of drug-likeness (QED) is 0.214. The van der Waals surface area contributed by atoms with Crippen LogP contribution in [0.25, 0.3) is 11.4 Å². The lowest BCUT2D eigenvalue weighted by Gasteiger charge is -2.31. The molecule has 11 nitrogen and oxygen atoms in total. The molecule has 1 N–H and O–H groups in total. The molecule has 0 spiro atoms. The van der Waals surface area contributed by atoms with Gasteiger partial charge in [-0.2, -0.15) is 4.80 Å². The van der Waals surface area contributed by atoms with E-state index in [-0.39, 0.29) is 24.5 Å². The number of carbonyl (C=O) groups is 2. The second kappa shape index (κ2) is 14.9. The van der Waals surface area contributed by atoms with Crippen molar-refractivity contribution >= 4 is 28.8 Å². The Morgan fingerprint density at radius 2 is 1.83 bits per heavy atom. The van der Waals surface area contributed by atoms with E-state index in [1.807, 2.05) is 29.6 Å². The molecule has 12 heteroatoms. The zero-order chi connectivity index (χ0) is 31.9. The Balaban J connectivity index is 1.29. The first-order valence-electron chi connectivity index (χ1n) is 15.9. The first-order valence-corrected chi connectivity index (χ1v) is 16.8. The van der Waals surface area contributed by atoms with Crippen LogP contribution in [-0.2, 0) is 20.9 Å². The first-order chi connectivity index (χ1) is 22.5. The van der Waals surface area contributed by atoms with Crippen LogP contribution in [0.15, 0.2) is 60.0 Å². The summed E-state index contributed by atoms with van der Waals surface area (Å²) < 4.78 is 16.5. The Hall–Kier alpha value is -4.29. The van der Waals surface area contributed by atoms with E-state index in [2.05, 4.69) is 32.9 Å². The summed E-state index contributed by atoms with van der Waals surface area (Å²) >= 11 is 1.44. The molecular weight excluding hydrogens is 604 g/mol. The maximum Gasteiger partial charge on any atom is 0.251 e. The number of hydrogen-bond donors (Lipinski definition) is 1. The van der Waals surface area contributed by atoms with Crippen molar-refractivity contribution in [1.82, 2.24) is 25.5 Å². The molecule has 2 fully saturated rings. The SMILES string of the molecule is COc1ccc(-c2nnn(CC(=O)N(c3ccc(C4CCCCC4)cc3)[C@H](C(=O)NC[C@H]3CCCO3)c3cccs3)n2)cc1OC. The average molecular weight is 645 g/mol. The van der Waals surface area contributed by atoms with Crippen molar-refractivity contribution in [2.24, 2.45) is 0 Å². The molecule has 4 aromatic rings. The summed E-state index contributed by atoms with van der Waals surface area (Å²) in [6.07, 6.45) is 7.94. The number of ether oxygens (including phenoxy) is 3. The molecule has 3 heterocycles. The Labute approximate surface area is 272 Å². The van der Waals surface area contributed by atoms with Gasteiger partial charge in [-0.05, 0) is 84.2 Å². The zero-order valence-corrected chi connectivity index (χ0v) is 27.1. The van der Waals surface area contributed by atoms with Crippen LogP contribution in [0.3, 0.4) is 0 Å². The van der Waals surface area contributed by atoms with Crippen molar-refractivity contribution in [3.63, 3.8) is 0 Å². The van der Waals surface area contributed by atoms with Crippen LogP contribution in [-0.4, -0.2) is 65.5 Å². The highest BCUT2D eigenvalue weighted by Crippen LogP contribution is 2.36. The average Bonchev–Trinajstić information content (AvgIpc) is 3.91. The van der Waals surface area contributed by atoms with Crippen molar-refractivity contribution in [2.45, 2.75) is 69.6 Å². The molecule has 0 unspecified atom stereocenters. The van der Waals surface area contributed by atoms with Crippen molar-refractivity contribution < 1.29 is 23.8 Å². The fourth-order valence-electron chi connectivity index (χ4n) is 6.32. The predicted octanol–water partition coefficient (Wildman–Crippen LogP) is 5.54. The van der Waals surface area contributed by atoms with Crippen molar-refractivity contribution in [1.29, 1.82) is 0 Å². The highest BCUT2D eigenvalue weighted by molar-refractivity contribution is 7.10. The molecule has 1 saturated heterocycles. The number of rotatable bonds is 12. The molecule has 0 radical (unpaired) electrons. The van der Waals surface area contributed by atoms with Crippen LogP contribution in [0, 0.1) is 0 Å². The molecule has 2 amide bonds. The van der Waals surface area contributed by atoms with Gasteiger partial charge in [-0.3, -0.25) is 14.5 Å². The van der Waals surface area contributed by atoms with Gasteiger partial charge >= 0.3 is 0 Å². The molecule has 1 aliphatic heterocycles. The molecule has 242 valence electrons. The number of benzene rings is 2. The van der Waals surface area contributed by atoms with Gasteiger partial charge in [0.15, 0.2) is 11.5 Å². The molecule has 0 bridgehead atoms. The number of amides is 2. The predicted molar refractivity (Wildman–Crippen MR) is 175 cm³/mol. The third-order valence-electron chi connectivity index (χ3n) is 8.73. The maximum atomic E-state index is 14.3. The van der Waals surface area contributed by atoms with Crippen LogP contribution < -0.4 is 19.7 Å². The van der Waals surface area contributed by atoms with Gasteiger partial charge in [0.2, 0.25) is 11.7 Å². The molecule has 1 saturated carbocycles. The number of nitrogens with one attached hydrogen (secondary N) is 1. The molecule has 2 aromatic heterocycles. The number of methoxy groups -OCH3 is 2. The normalized spacial score (nSPS) is 17.4. The molecular formula is C34H40N6O5S. The van der Waals surface area contributed by atoms with E-state index in [1.54, 1.807) is 37.3 Å². The number of aromatic nitrogens is 4.